The second-order valence-electron chi connectivity index (χ2n) is 11.3. The van der Waals surface area contributed by atoms with Crippen molar-refractivity contribution in [1.29, 1.82) is 0 Å². The largest absolute Gasteiger partial charge is 0.382 e. The van der Waals surface area contributed by atoms with Crippen molar-refractivity contribution in [3.8, 4) is 0 Å². The topological polar surface area (TPSA) is 24.1 Å². The molecule has 6 unspecified atom stereocenters. The average molecular weight is 461 g/mol. The van der Waals surface area contributed by atoms with Crippen LogP contribution >= 0.6 is 0 Å². The highest BCUT2D eigenvalue weighted by Crippen LogP contribution is 2.37. The van der Waals surface area contributed by atoms with E-state index in [0.717, 1.165) is 12.3 Å². The Labute approximate surface area is 209 Å². The fourth-order valence-corrected chi connectivity index (χ4v) is 6.78. The van der Waals surface area contributed by atoms with Gasteiger partial charge in [0, 0.05) is 29.4 Å². The first kappa shape index (κ1) is 25.3. The Hall–Kier alpha value is -1.80. The van der Waals surface area contributed by atoms with Crippen LogP contribution in [0.4, 0.5) is 5.69 Å². The average Bonchev–Trinajstić information content (AvgIpc) is 2.87. The van der Waals surface area contributed by atoms with E-state index >= 15 is 0 Å². The molecule has 6 atom stereocenters. The van der Waals surface area contributed by atoms with E-state index in [9.17, 15) is 0 Å². The van der Waals surface area contributed by atoms with Gasteiger partial charge in [0.05, 0.1) is 0 Å². The molecule has 2 nitrogen and oxygen atoms in total. The second kappa shape index (κ2) is 11.3. The minimum atomic E-state index is 0.478. The lowest BCUT2D eigenvalue weighted by Gasteiger charge is -2.40. The third-order valence-corrected chi connectivity index (χ3v) is 9.26. The number of fused-ring (bicyclic) bond motifs is 1. The molecule has 0 spiro atoms. The van der Waals surface area contributed by atoms with Crippen LogP contribution in [0.3, 0.4) is 0 Å². The highest BCUT2D eigenvalue weighted by atomic mass is 15.0. The Kier molecular flexibility index (Phi) is 8.40. The molecule has 3 aliphatic rings. The molecule has 0 fully saturated rings. The van der Waals surface area contributed by atoms with Gasteiger partial charge in [-0.15, -0.1) is 0 Å². The zero-order valence-corrected chi connectivity index (χ0v) is 22.6. The van der Waals surface area contributed by atoms with E-state index in [0.29, 0.717) is 30.0 Å². The lowest BCUT2D eigenvalue weighted by atomic mass is 9.75. The maximum absolute atomic E-state index is 4.18. The molecule has 0 aromatic heterocycles. The molecule has 0 amide bonds. The summed E-state index contributed by atoms with van der Waals surface area (Å²) in [7, 11) is 0. The predicted octanol–water partition coefficient (Wildman–Crippen LogP) is 8.23. The molecule has 0 bridgehead atoms. The van der Waals surface area contributed by atoms with Gasteiger partial charge in [0.15, 0.2) is 0 Å². The van der Waals surface area contributed by atoms with Crippen LogP contribution in [0.25, 0.3) is 6.08 Å². The summed E-state index contributed by atoms with van der Waals surface area (Å²) in [5, 5.41) is 8.18. The molecule has 1 aromatic rings. The third-order valence-electron chi connectivity index (χ3n) is 9.26. The molecule has 1 aromatic carbocycles. The highest BCUT2D eigenvalue weighted by molar-refractivity contribution is 5.72. The normalized spacial score (nSPS) is 25.4. The van der Waals surface area contributed by atoms with Crippen LogP contribution in [0.5, 0.6) is 0 Å². The number of hydrogen-bond donors (Lipinski definition) is 2. The minimum Gasteiger partial charge on any atom is -0.382 e. The molecule has 0 aliphatic heterocycles. The van der Waals surface area contributed by atoms with Gasteiger partial charge in [-0.25, -0.2) is 0 Å². The molecular formula is C32H48N2. The van der Waals surface area contributed by atoms with Crippen LogP contribution in [0.1, 0.15) is 96.3 Å². The molecular weight excluding hydrogens is 412 g/mol. The van der Waals surface area contributed by atoms with E-state index in [1.165, 1.54) is 67.3 Å². The van der Waals surface area contributed by atoms with Gasteiger partial charge >= 0.3 is 0 Å². The van der Waals surface area contributed by atoms with Crippen molar-refractivity contribution < 1.29 is 0 Å². The quantitative estimate of drug-likeness (QED) is 0.388. The Morgan fingerprint density at radius 3 is 2.38 bits per heavy atom. The Bertz CT molecular complexity index is 937. The summed E-state index contributed by atoms with van der Waals surface area (Å²) in [5.74, 6) is 1.93. The highest BCUT2D eigenvalue weighted by Gasteiger charge is 2.32. The Balaban J connectivity index is 1.48. The van der Waals surface area contributed by atoms with Crippen molar-refractivity contribution in [1.82, 2.24) is 5.32 Å². The van der Waals surface area contributed by atoms with Crippen LogP contribution < -0.4 is 10.6 Å². The van der Waals surface area contributed by atoms with E-state index in [2.05, 4.69) is 88.6 Å². The summed E-state index contributed by atoms with van der Waals surface area (Å²) in [5.41, 5.74) is 9.07. The fourth-order valence-electron chi connectivity index (χ4n) is 6.78. The molecule has 0 saturated carbocycles. The molecule has 3 aliphatic carbocycles. The van der Waals surface area contributed by atoms with E-state index in [1.54, 1.807) is 11.1 Å². The van der Waals surface area contributed by atoms with Gasteiger partial charge in [-0.1, -0.05) is 65.0 Å². The van der Waals surface area contributed by atoms with Gasteiger partial charge in [0.1, 0.15) is 0 Å². The van der Waals surface area contributed by atoms with Crippen molar-refractivity contribution in [3.63, 3.8) is 0 Å². The smallest absolute Gasteiger partial charge is 0.0418 e. The standard InChI is InChI=1S/C32H48N2/c1-7-29(33-31-19-17-21(3)25-13-9-11-15-27(25)31)23(5)24(6)30(8-2)34-32-20-18-22(4)26-14-10-12-16-28(26)32/h9,12-13,16,18,20-21,23-24,29-31,33-34H,7-8,10-11,14-15,17,19H2,1-6H3. The molecule has 0 saturated heterocycles. The Morgan fingerprint density at radius 1 is 0.912 bits per heavy atom. The second-order valence-corrected chi connectivity index (χ2v) is 11.3. The lowest BCUT2D eigenvalue weighted by Crippen LogP contribution is -2.48. The van der Waals surface area contributed by atoms with Gasteiger partial charge in [-0.2, -0.15) is 0 Å². The first-order valence-electron chi connectivity index (χ1n) is 14.2. The molecule has 4 rings (SSSR count). The van der Waals surface area contributed by atoms with Crippen LogP contribution in [0, 0.1) is 24.7 Å². The molecule has 186 valence electrons. The summed E-state index contributed by atoms with van der Waals surface area (Å²) >= 11 is 0. The van der Waals surface area contributed by atoms with Crippen LogP contribution in [0.15, 0.2) is 41.5 Å². The monoisotopic (exact) mass is 460 g/mol. The van der Waals surface area contributed by atoms with Crippen molar-refractivity contribution in [2.24, 2.45) is 17.8 Å². The number of rotatable bonds is 9. The van der Waals surface area contributed by atoms with E-state index < -0.39 is 0 Å². The van der Waals surface area contributed by atoms with Crippen LogP contribution in [0.2, 0.25) is 0 Å². The van der Waals surface area contributed by atoms with Crippen LogP contribution in [-0.4, -0.2) is 18.1 Å². The molecule has 34 heavy (non-hydrogen) atoms. The van der Waals surface area contributed by atoms with Crippen molar-refractivity contribution in [2.45, 2.75) is 111 Å². The first-order chi connectivity index (χ1) is 16.4. The van der Waals surface area contributed by atoms with Crippen molar-refractivity contribution in [3.05, 3.63) is 58.2 Å². The van der Waals surface area contributed by atoms with Crippen LogP contribution in [-0.2, 0) is 6.42 Å². The molecule has 0 radical (unpaired) electrons. The third kappa shape index (κ3) is 5.23. The minimum absolute atomic E-state index is 0.478. The van der Waals surface area contributed by atoms with Gasteiger partial charge in [-0.3, -0.25) is 0 Å². The number of aryl methyl sites for hydroxylation is 1. The fraction of sp³-hybridized carbons (Fsp3) is 0.625. The number of nitrogens with one attached hydrogen (secondary N) is 2. The lowest BCUT2D eigenvalue weighted by molar-refractivity contribution is 0.231. The van der Waals surface area contributed by atoms with Gasteiger partial charge in [0.2, 0.25) is 0 Å². The summed E-state index contributed by atoms with van der Waals surface area (Å²) in [6.45, 7) is 14.4. The van der Waals surface area contributed by atoms with Gasteiger partial charge in [-0.05, 0) is 104 Å². The maximum Gasteiger partial charge on any atom is 0.0418 e. The number of hydrogen-bond acceptors (Lipinski definition) is 2. The van der Waals surface area contributed by atoms with Gasteiger partial charge in [0.25, 0.3) is 0 Å². The number of anilines is 1. The number of benzene rings is 1. The first-order valence-corrected chi connectivity index (χ1v) is 14.2. The predicted molar refractivity (Wildman–Crippen MR) is 149 cm³/mol. The molecule has 2 heteroatoms. The van der Waals surface area contributed by atoms with Crippen molar-refractivity contribution >= 4 is 11.8 Å². The van der Waals surface area contributed by atoms with E-state index in [4.69, 9.17) is 0 Å². The number of allylic oxidation sites excluding steroid dienone is 4. The summed E-state index contributed by atoms with van der Waals surface area (Å²) in [6.07, 6.45) is 19.2. The zero-order chi connectivity index (χ0) is 24.2. The Morgan fingerprint density at radius 2 is 1.62 bits per heavy atom. The SMILES string of the molecule is CCC(Nc1ccc(C)c2c1C=CCC2)C(C)C(C)C(CC)NC1CCC(C)C2=C1CCC=C2. The summed E-state index contributed by atoms with van der Waals surface area (Å²) < 4.78 is 0. The molecule has 0 heterocycles. The summed E-state index contributed by atoms with van der Waals surface area (Å²) in [6, 6.07) is 6.22. The summed E-state index contributed by atoms with van der Waals surface area (Å²) in [4.78, 5) is 0. The molecule has 2 N–H and O–H groups in total. The van der Waals surface area contributed by atoms with Gasteiger partial charge < -0.3 is 10.6 Å². The van der Waals surface area contributed by atoms with E-state index in [-0.39, 0.29) is 0 Å². The zero-order valence-electron chi connectivity index (χ0n) is 22.6. The van der Waals surface area contributed by atoms with E-state index in [1.807, 2.05) is 0 Å². The van der Waals surface area contributed by atoms with Crippen molar-refractivity contribution in [2.75, 3.05) is 5.32 Å². The maximum atomic E-state index is 4.18.